The van der Waals surface area contributed by atoms with Gasteiger partial charge in [-0.15, -0.1) is 0 Å². The summed E-state index contributed by atoms with van der Waals surface area (Å²) < 4.78 is 16.9. The molecule has 0 fully saturated rings. The van der Waals surface area contributed by atoms with Gasteiger partial charge in [-0.3, -0.25) is 4.79 Å². The topological polar surface area (TPSA) is 86.2 Å². The Morgan fingerprint density at radius 1 is 1.00 bits per heavy atom. The van der Waals surface area contributed by atoms with Crippen LogP contribution in [0.4, 0.5) is 0 Å². The maximum Gasteiger partial charge on any atom is 0.344 e. The van der Waals surface area contributed by atoms with E-state index < -0.39 is 11.9 Å². The average molecular weight is 511 g/mol. The lowest BCUT2D eigenvalue weighted by atomic mass is 10.1. The molecule has 3 aromatic carbocycles. The van der Waals surface area contributed by atoms with Crippen molar-refractivity contribution in [3.8, 4) is 17.2 Å². The van der Waals surface area contributed by atoms with Crippen molar-refractivity contribution >= 4 is 34.0 Å². The maximum atomic E-state index is 12.4. The third-order valence-electron chi connectivity index (χ3n) is 4.74. The lowest BCUT2D eigenvalue weighted by Gasteiger charge is -2.10. The molecular weight excluding hydrogens is 488 g/mol. The predicted octanol–water partition coefficient (Wildman–Crippen LogP) is 4.82. The number of rotatable bonds is 8. The largest absolute Gasteiger partial charge is 0.493 e. The smallest absolute Gasteiger partial charge is 0.344 e. The van der Waals surface area contributed by atoms with E-state index in [0.717, 1.165) is 11.1 Å². The molecular formula is C25H23BrN2O5. The summed E-state index contributed by atoms with van der Waals surface area (Å²) >= 11 is 3.33. The molecule has 0 radical (unpaired) electrons. The Morgan fingerprint density at radius 2 is 1.79 bits per heavy atom. The Labute approximate surface area is 200 Å². The Morgan fingerprint density at radius 3 is 2.52 bits per heavy atom. The number of nitrogens with one attached hydrogen (secondary N) is 1. The van der Waals surface area contributed by atoms with Crippen molar-refractivity contribution in [3.05, 3.63) is 87.4 Å². The van der Waals surface area contributed by atoms with Crippen LogP contribution in [0.2, 0.25) is 0 Å². The Balaban J connectivity index is 1.57. The van der Waals surface area contributed by atoms with E-state index in [1.54, 1.807) is 36.4 Å². The second-order valence-corrected chi connectivity index (χ2v) is 7.96. The summed E-state index contributed by atoms with van der Waals surface area (Å²) in [5.74, 6) is 0.327. The Hall–Kier alpha value is -3.65. The average Bonchev–Trinajstić information content (AvgIpc) is 2.81. The Bertz CT molecular complexity index is 1190. The van der Waals surface area contributed by atoms with E-state index in [1.165, 1.54) is 13.3 Å². The van der Waals surface area contributed by atoms with Crippen molar-refractivity contribution in [1.82, 2.24) is 5.43 Å². The van der Waals surface area contributed by atoms with Crippen LogP contribution in [0, 0.1) is 13.8 Å². The first-order valence-electron chi connectivity index (χ1n) is 10.0. The SMILES string of the molecule is COc1cc(C=NNC(=O)COc2ccc(C)c(C)c2)ccc1OC(=O)c1ccccc1Br. The fourth-order valence-electron chi connectivity index (χ4n) is 2.79. The minimum Gasteiger partial charge on any atom is -0.493 e. The standard InChI is InChI=1S/C25H23BrN2O5/c1-16-8-10-19(12-17(16)2)32-15-24(29)28-27-14-18-9-11-22(23(13-18)31-3)33-25(30)20-6-4-5-7-21(20)26/h4-14H,15H2,1-3H3,(H,28,29). The fourth-order valence-corrected chi connectivity index (χ4v) is 3.24. The van der Waals surface area contributed by atoms with E-state index in [0.29, 0.717) is 27.1 Å². The number of methoxy groups -OCH3 is 1. The highest BCUT2D eigenvalue weighted by atomic mass is 79.9. The van der Waals surface area contributed by atoms with Gasteiger partial charge in [0.15, 0.2) is 18.1 Å². The van der Waals surface area contributed by atoms with Crippen LogP contribution in [-0.2, 0) is 4.79 Å². The van der Waals surface area contributed by atoms with Crippen LogP contribution in [0.3, 0.4) is 0 Å². The zero-order valence-electron chi connectivity index (χ0n) is 18.4. The van der Waals surface area contributed by atoms with Crippen molar-refractivity contribution in [2.24, 2.45) is 5.10 Å². The summed E-state index contributed by atoms with van der Waals surface area (Å²) in [6, 6.07) is 17.5. The monoisotopic (exact) mass is 510 g/mol. The molecule has 1 N–H and O–H groups in total. The second kappa shape index (κ2) is 11.3. The summed E-state index contributed by atoms with van der Waals surface area (Å²) in [5, 5.41) is 3.94. The number of amides is 1. The summed E-state index contributed by atoms with van der Waals surface area (Å²) in [7, 11) is 1.47. The number of aryl methyl sites for hydroxylation is 2. The molecule has 1 amide bonds. The van der Waals surface area contributed by atoms with Gasteiger partial charge >= 0.3 is 5.97 Å². The van der Waals surface area contributed by atoms with Gasteiger partial charge in [0.05, 0.1) is 18.9 Å². The summed E-state index contributed by atoms with van der Waals surface area (Å²) in [5.41, 5.74) is 5.70. The second-order valence-electron chi connectivity index (χ2n) is 7.11. The number of carbonyl (C=O) groups is 2. The van der Waals surface area contributed by atoms with Crippen LogP contribution < -0.4 is 19.6 Å². The van der Waals surface area contributed by atoms with Crippen molar-refractivity contribution < 1.29 is 23.8 Å². The molecule has 7 nitrogen and oxygen atoms in total. The zero-order chi connectivity index (χ0) is 23.8. The molecule has 0 heterocycles. The number of esters is 1. The van der Waals surface area contributed by atoms with Crippen LogP contribution in [0.5, 0.6) is 17.2 Å². The number of hydrazone groups is 1. The molecule has 33 heavy (non-hydrogen) atoms. The third-order valence-corrected chi connectivity index (χ3v) is 5.43. The molecule has 0 aliphatic carbocycles. The van der Waals surface area contributed by atoms with E-state index in [9.17, 15) is 9.59 Å². The van der Waals surface area contributed by atoms with Gasteiger partial charge in [0, 0.05) is 4.47 Å². The van der Waals surface area contributed by atoms with Crippen molar-refractivity contribution in [2.75, 3.05) is 13.7 Å². The van der Waals surface area contributed by atoms with Gasteiger partial charge in [-0.1, -0.05) is 18.2 Å². The third kappa shape index (κ3) is 6.66. The molecule has 8 heteroatoms. The fraction of sp³-hybridized carbons (Fsp3) is 0.160. The lowest BCUT2D eigenvalue weighted by molar-refractivity contribution is -0.123. The molecule has 0 unspecified atom stereocenters. The Kier molecular flexibility index (Phi) is 8.21. The summed E-state index contributed by atoms with van der Waals surface area (Å²) in [6.07, 6.45) is 1.45. The zero-order valence-corrected chi connectivity index (χ0v) is 20.0. The number of carbonyl (C=O) groups excluding carboxylic acids is 2. The molecule has 0 spiro atoms. The van der Waals surface area contributed by atoms with Crippen LogP contribution in [0.25, 0.3) is 0 Å². The van der Waals surface area contributed by atoms with Crippen molar-refractivity contribution in [3.63, 3.8) is 0 Å². The highest BCUT2D eigenvalue weighted by molar-refractivity contribution is 9.10. The minimum atomic E-state index is -0.516. The minimum absolute atomic E-state index is 0.160. The van der Waals surface area contributed by atoms with Gasteiger partial charge in [0.2, 0.25) is 0 Å². The predicted molar refractivity (Wildman–Crippen MR) is 129 cm³/mol. The number of nitrogens with zero attached hydrogens (tertiary/aromatic N) is 1. The van der Waals surface area contributed by atoms with E-state index in [-0.39, 0.29) is 12.4 Å². The van der Waals surface area contributed by atoms with E-state index in [4.69, 9.17) is 14.2 Å². The van der Waals surface area contributed by atoms with Crippen molar-refractivity contribution in [2.45, 2.75) is 13.8 Å². The quantitative estimate of drug-likeness (QED) is 0.203. The number of hydrogen-bond donors (Lipinski definition) is 1. The van der Waals surface area contributed by atoms with Gasteiger partial charge in [-0.05, 0) is 88.9 Å². The molecule has 0 bridgehead atoms. The van der Waals surface area contributed by atoms with Crippen molar-refractivity contribution in [1.29, 1.82) is 0 Å². The van der Waals surface area contributed by atoms with Gasteiger partial charge in [0.25, 0.3) is 5.91 Å². The molecule has 0 aromatic heterocycles. The first kappa shape index (κ1) is 24.0. The molecule has 170 valence electrons. The molecule has 0 saturated heterocycles. The summed E-state index contributed by atoms with van der Waals surface area (Å²) in [4.78, 5) is 24.4. The number of benzene rings is 3. The van der Waals surface area contributed by atoms with Crippen LogP contribution >= 0.6 is 15.9 Å². The normalized spacial score (nSPS) is 10.7. The molecule has 0 atom stereocenters. The molecule has 0 aliphatic rings. The van der Waals surface area contributed by atoms with E-state index in [1.807, 2.05) is 38.1 Å². The highest BCUT2D eigenvalue weighted by Crippen LogP contribution is 2.29. The van der Waals surface area contributed by atoms with Gasteiger partial charge in [0.1, 0.15) is 5.75 Å². The summed E-state index contributed by atoms with van der Waals surface area (Å²) in [6.45, 7) is 3.83. The first-order valence-corrected chi connectivity index (χ1v) is 10.8. The number of halogens is 1. The highest BCUT2D eigenvalue weighted by Gasteiger charge is 2.15. The molecule has 0 aliphatic heterocycles. The lowest BCUT2D eigenvalue weighted by Crippen LogP contribution is -2.24. The maximum absolute atomic E-state index is 12.4. The van der Waals surface area contributed by atoms with Gasteiger partial charge in [-0.25, -0.2) is 10.2 Å². The number of hydrogen-bond acceptors (Lipinski definition) is 6. The van der Waals surface area contributed by atoms with Gasteiger partial charge < -0.3 is 14.2 Å². The van der Waals surface area contributed by atoms with E-state index in [2.05, 4.69) is 26.5 Å². The first-order chi connectivity index (χ1) is 15.9. The van der Waals surface area contributed by atoms with E-state index >= 15 is 0 Å². The molecule has 3 aromatic rings. The number of ether oxygens (including phenoxy) is 3. The van der Waals surface area contributed by atoms with Crippen LogP contribution in [0.1, 0.15) is 27.0 Å². The molecule has 0 saturated carbocycles. The van der Waals surface area contributed by atoms with Crippen LogP contribution in [0.15, 0.2) is 70.2 Å². The van der Waals surface area contributed by atoms with Gasteiger partial charge in [-0.2, -0.15) is 5.10 Å². The molecule has 3 rings (SSSR count). The van der Waals surface area contributed by atoms with Crippen LogP contribution in [-0.4, -0.2) is 31.8 Å².